The number of nitrogens with two attached hydrogens (primary N) is 1. The van der Waals surface area contributed by atoms with Crippen molar-refractivity contribution in [3.63, 3.8) is 0 Å². The summed E-state index contributed by atoms with van der Waals surface area (Å²) >= 11 is 2.53. The molecule has 100 valence electrons. The molecule has 1 saturated heterocycles. The molecule has 0 spiro atoms. The maximum atomic E-state index is 11.7. The van der Waals surface area contributed by atoms with Crippen LogP contribution < -0.4 is 5.73 Å². The fraction of sp³-hybridized carbons (Fsp3) is 0.375. The zero-order valence-electron chi connectivity index (χ0n) is 9.31. The Kier molecular flexibility index (Phi) is 2.95. The first kappa shape index (κ1) is 12.4. The number of thioether (sulfide) groups is 2. The number of carboxylic acid groups (broad SMARTS) is 1. The summed E-state index contributed by atoms with van der Waals surface area (Å²) in [6, 6.07) is -0.627. The summed E-state index contributed by atoms with van der Waals surface area (Å²) in [6.45, 7) is 0. The van der Waals surface area contributed by atoms with E-state index < -0.39 is 12.0 Å². The molecule has 2 aliphatic heterocycles. The zero-order valence-corrected chi connectivity index (χ0v) is 10.9. The number of carbonyl (C=O) groups is 2. The third kappa shape index (κ3) is 1.89. The number of amides is 1. The van der Waals surface area contributed by atoms with Gasteiger partial charge in [-0.25, -0.2) is 9.89 Å². The first-order valence-corrected chi connectivity index (χ1v) is 7.04. The molecular weight excluding hydrogens is 292 g/mol. The number of H-pyrrole nitrogens is 1. The first-order valence-electron chi connectivity index (χ1n) is 5.18. The Morgan fingerprint density at radius 3 is 3.05 bits per heavy atom. The van der Waals surface area contributed by atoms with Gasteiger partial charge in [-0.15, -0.1) is 16.9 Å². The second-order valence-electron chi connectivity index (χ2n) is 3.82. The molecule has 0 aromatic carbocycles. The van der Waals surface area contributed by atoms with E-state index in [1.54, 1.807) is 0 Å². The van der Waals surface area contributed by atoms with Crippen molar-refractivity contribution < 1.29 is 14.7 Å². The van der Waals surface area contributed by atoms with Gasteiger partial charge >= 0.3 is 5.97 Å². The van der Waals surface area contributed by atoms with E-state index >= 15 is 0 Å². The van der Waals surface area contributed by atoms with Gasteiger partial charge in [0.25, 0.3) is 0 Å². The number of fused-ring (bicyclic) bond motifs is 1. The summed E-state index contributed by atoms with van der Waals surface area (Å²) in [5.41, 5.74) is 5.62. The predicted octanol–water partition coefficient (Wildman–Crippen LogP) is -1.17. The van der Waals surface area contributed by atoms with Crippen LogP contribution in [-0.4, -0.2) is 59.7 Å². The number of tetrazole rings is 1. The predicted molar refractivity (Wildman–Crippen MR) is 65.8 cm³/mol. The van der Waals surface area contributed by atoms with Crippen LogP contribution in [0.3, 0.4) is 0 Å². The van der Waals surface area contributed by atoms with E-state index in [1.807, 2.05) is 0 Å². The van der Waals surface area contributed by atoms with Crippen molar-refractivity contribution in [2.24, 2.45) is 5.73 Å². The topological polar surface area (TPSA) is 138 Å². The fourth-order valence-electron chi connectivity index (χ4n) is 1.88. The normalized spacial score (nSPS) is 26.2. The molecule has 0 radical (unpaired) electrons. The lowest BCUT2D eigenvalue weighted by Gasteiger charge is -2.47. The number of rotatable bonds is 3. The van der Waals surface area contributed by atoms with Gasteiger partial charge in [0, 0.05) is 10.7 Å². The molecular formula is C8H8N6O3S2. The van der Waals surface area contributed by atoms with Crippen molar-refractivity contribution in [2.75, 3.05) is 5.75 Å². The molecule has 1 amide bonds. The molecule has 1 aromatic rings. The lowest BCUT2D eigenvalue weighted by atomic mass is 10.1. The number of β-lactam (4-membered cyclic amide) rings is 1. The van der Waals surface area contributed by atoms with Crippen LogP contribution in [0.2, 0.25) is 0 Å². The van der Waals surface area contributed by atoms with Gasteiger partial charge in [0.2, 0.25) is 11.1 Å². The van der Waals surface area contributed by atoms with E-state index in [2.05, 4.69) is 20.6 Å². The molecule has 1 fully saturated rings. The van der Waals surface area contributed by atoms with Crippen LogP contribution >= 0.6 is 23.5 Å². The van der Waals surface area contributed by atoms with Gasteiger partial charge in [0.05, 0.1) is 0 Å². The van der Waals surface area contributed by atoms with Crippen LogP contribution in [0.15, 0.2) is 15.8 Å². The largest absolute Gasteiger partial charge is 0.477 e. The minimum absolute atomic E-state index is 0.0307. The summed E-state index contributed by atoms with van der Waals surface area (Å²) in [4.78, 5) is 24.8. The highest BCUT2D eigenvalue weighted by Gasteiger charge is 2.52. The molecule has 2 atom stereocenters. The second kappa shape index (κ2) is 4.51. The summed E-state index contributed by atoms with van der Waals surface area (Å²) < 4.78 is 0. The molecule has 2 unspecified atom stereocenters. The molecule has 1 aromatic heterocycles. The van der Waals surface area contributed by atoms with E-state index in [0.29, 0.717) is 15.8 Å². The molecule has 4 N–H and O–H groups in total. The van der Waals surface area contributed by atoms with E-state index in [4.69, 9.17) is 5.73 Å². The van der Waals surface area contributed by atoms with Crippen LogP contribution in [0.4, 0.5) is 0 Å². The third-order valence-electron chi connectivity index (χ3n) is 2.72. The van der Waals surface area contributed by atoms with Crippen LogP contribution in [0.1, 0.15) is 0 Å². The van der Waals surface area contributed by atoms with Gasteiger partial charge in [0.15, 0.2) is 0 Å². The van der Waals surface area contributed by atoms with Gasteiger partial charge in [-0.2, -0.15) is 0 Å². The summed E-state index contributed by atoms with van der Waals surface area (Å²) in [5, 5.41) is 22.4. The van der Waals surface area contributed by atoms with Crippen molar-refractivity contribution in [3.05, 3.63) is 10.6 Å². The SMILES string of the molecule is NC1C(=O)N2C(C(=O)O)=C(Sc3nnn[nH]3)CSC12. The van der Waals surface area contributed by atoms with Gasteiger partial charge < -0.3 is 10.8 Å². The number of aromatic nitrogens is 4. The number of aromatic amines is 1. The molecule has 9 nitrogen and oxygen atoms in total. The summed E-state index contributed by atoms with van der Waals surface area (Å²) in [5.74, 6) is -1.07. The standard InChI is InChI=1S/C8H8N6O3S2/c9-3-5(15)14-4(7(16)17)2(1-18-6(3)14)19-8-10-12-13-11-8/h3,6H,1,9H2,(H,16,17)(H,10,11,12,13). The van der Waals surface area contributed by atoms with E-state index in [9.17, 15) is 14.7 Å². The zero-order chi connectivity index (χ0) is 13.6. The number of hydrogen-bond acceptors (Lipinski definition) is 8. The van der Waals surface area contributed by atoms with Crippen molar-refractivity contribution in [1.29, 1.82) is 0 Å². The Bertz CT molecular complexity index is 573. The Balaban J connectivity index is 1.95. The number of hydrogen-bond donors (Lipinski definition) is 3. The molecule has 0 saturated carbocycles. The van der Waals surface area contributed by atoms with E-state index in [1.165, 1.54) is 16.7 Å². The van der Waals surface area contributed by atoms with Gasteiger partial charge in [-0.05, 0) is 22.2 Å². The lowest BCUT2D eigenvalue weighted by Crippen LogP contribution is -2.68. The number of aliphatic carboxylic acids is 1. The van der Waals surface area contributed by atoms with E-state index in [-0.39, 0.29) is 17.0 Å². The highest BCUT2D eigenvalue weighted by atomic mass is 32.2. The minimum atomic E-state index is -1.15. The van der Waals surface area contributed by atoms with Crippen molar-refractivity contribution in [1.82, 2.24) is 25.5 Å². The summed E-state index contributed by atoms with van der Waals surface area (Å²) in [7, 11) is 0. The molecule has 3 rings (SSSR count). The van der Waals surface area contributed by atoms with Crippen molar-refractivity contribution >= 4 is 35.4 Å². The number of nitrogens with zero attached hydrogens (tertiary/aromatic N) is 4. The van der Waals surface area contributed by atoms with E-state index in [0.717, 1.165) is 11.8 Å². The Morgan fingerprint density at radius 1 is 1.63 bits per heavy atom. The second-order valence-corrected chi connectivity index (χ2v) is 6.01. The Hall–Kier alpha value is -1.59. The Labute approximate surface area is 115 Å². The van der Waals surface area contributed by atoms with Gasteiger partial charge in [-0.3, -0.25) is 9.69 Å². The molecule has 2 aliphatic rings. The highest BCUT2D eigenvalue weighted by Crippen LogP contribution is 2.43. The van der Waals surface area contributed by atoms with Crippen LogP contribution in [0.5, 0.6) is 0 Å². The summed E-state index contributed by atoms with van der Waals surface area (Å²) in [6.07, 6.45) is 0. The number of nitrogens with one attached hydrogen (secondary N) is 1. The maximum Gasteiger partial charge on any atom is 0.353 e. The van der Waals surface area contributed by atoms with Crippen LogP contribution in [-0.2, 0) is 9.59 Å². The average Bonchev–Trinajstić information content (AvgIpc) is 2.89. The highest BCUT2D eigenvalue weighted by molar-refractivity contribution is 8.06. The van der Waals surface area contributed by atoms with Crippen LogP contribution in [0, 0.1) is 0 Å². The lowest BCUT2D eigenvalue weighted by molar-refractivity contribution is -0.147. The third-order valence-corrected chi connectivity index (χ3v) is 5.16. The van der Waals surface area contributed by atoms with Crippen molar-refractivity contribution in [2.45, 2.75) is 16.6 Å². The van der Waals surface area contributed by atoms with Gasteiger partial charge in [-0.1, -0.05) is 0 Å². The van der Waals surface area contributed by atoms with Crippen molar-refractivity contribution in [3.8, 4) is 0 Å². The average molecular weight is 300 g/mol. The molecule has 19 heavy (non-hydrogen) atoms. The maximum absolute atomic E-state index is 11.7. The number of carboxylic acids is 1. The monoisotopic (exact) mass is 300 g/mol. The Morgan fingerprint density at radius 2 is 2.42 bits per heavy atom. The fourth-order valence-corrected chi connectivity index (χ4v) is 4.14. The molecule has 0 bridgehead atoms. The smallest absolute Gasteiger partial charge is 0.353 e. The number of carbonyl (C=O) groups excluding carboxylic acids is 1. The van der Waals surface area contributed by atoms with Gasteiger partial charge in [0.1, 0.15) is 17.1 Å². The minimum Gasteiger partial charge on any atom is -0.477 e. The molecule has 11 heteroatoms. The molecule has 3 heterocycles. The first-order chi connectivity index (χ1) is 9.09. The quantitative estimate of drug-likeness (QED) is 0.589. The molecule has 0 aliphatic carbocycles. The van der Waals surface area contributed by atoms with Crippen LogP contribution in [0.25, 0.3) is 0 Å².